The Morgan fingerprint density at radius 2 is 2.38 bits per heavy atom. The van der Waals surface area contributed by atoms with Gasteiger partial charge in [-0.05, 0) is 19.8 Å². The molecule has 2 aromatic rings. The molecule has 0 radical (unpaired) electrons. The van der Waals surface area contributed by atoms with Crippen molar-refractivity contribution < 1.29 is 9.63 Å². The van der Waals surface area contributed by atoms with Gasteiger partial charge in [0.25, 0.3) is 5.91 Å². The van der Waals surface area contributed by atoms with Gasteiger partial charge in [-0.25, -0.2) is 15.0 Å². The number of hydrogen-bond acceptors (Lipinski definition) is 6. The third-order valence-electron chi connectivity index (χ3n) is 4.64. The van der Waals surface area contributed by atoms with Crippen molar-refractivity contribution in [3.63, 3.8) is 0 Å². The Morgan fingerprint density at radius 1 is 1.46 bits per heavy atom. The summed E-state index contributed by atoms with van der Waals surface area (Å²) in [6, 6.07) is -0.275. The van der Waals surface area contributed by atoms with Crippen molar-refractivity contribution in [1.82, 2.24) is 24.5 Å². The van der Waals surface area contributed by atoms with E-state index in [0.29, 0.717) is 19.7 Å². The highest BCUT2D eigenvalue weighted by atomic mass is 32.1. The maximum atomic E-state index is 12.9. The quantitative estimate of drug-likeness (QED) is 0.847. The van der Waals surface area contributed by atoms with Gasteiger partial charge in [-0.15, -0.1) is 11.3 Å². The van der Waals surface area contributed by atoms with Crippen LogP contribution in [-0.4, -0.2) is 50.1 Å². The minimum atomic E-state index is -0.275. The van der Waals surface area contributed by atoms with Crippen LogP contribution >= 0.6 is 11.3 Å². The number of carbonyl (C=O) groups excluding carboxylic acids is 1. The van der Waals surface area contributed by atoms with E-state index in [-0.39, 0.29) is 11.9 Å². The summed E-state index contributed by atoms with van der Waals surface area (Å²) in [6.07, 6.45) is 5.63. The Balaban J connectivity index is 1.54. The molecule has 8 heteroatoms. The third-order valence-corrected chi connectivity index (χ3v) is 5.56. The van der Waals surface area contributed by atoms with Gasteiger partial charge in [0.15, 0.2) is 0 Å². The lowest BCUT2D eigenvalue weighted by Gasteiger charge is -2.36. The van der Waals surface area contributed by atoms with Gasteiger partial charge in [-0.3, -0.25) is 14.5 Å². The van der Waals surface area contributed by atoms with Crippen molar-refractivity contribution in [3.8, 4) is 0 Å². The molecule has 0 aliphatic carbocycles. The fourth-order valence-electron chi connectivity index (χ4n) is 3.30. The highest BCUT2D eigenvalue weighted by Gasteiger charge is 2.34. The zero-order valence-corrected chi connectivity index (χ0v) is 14.5. The smallest absolute Gasteiger partial charge is 0.270 e. The van der Waals surface area contributed by atoms with Crippen LogP contribution in [-0.2, 0) is 22.7 Å². The standard InChI is InChI=1S/C16H21N5O2S/c1-12-15(24-11-18-12)9-19-7-13-6-17-10-20(13)14(8-19)16(22)21-4-2-3-5-23-21/h6,10-11,14H,2-5,7-9H2,1H3. The highest BCUT2D eigenvalue weighted by Crippen LogP contribution is 2.26. The Morgan fingerprint density at radius 3 is 3.12 bits per heavy atom. The summed E-state index contributed by atoms with van der Waals surface area (Å²) in [7, 11) is 0. The molecule has 2 aromatic heterocycles. The molecule has 4 rings (SSSR count). The molecule has 0 spiro atoms. The van der Waals surface area contributed by atoms with E-state index in [0.717, 1.165) is 37.3 Å². The van der Waals surface area contributed by atoms with Crippen molar-refractivity contribution in [2.75, 3.05) is 19.7 Å². The predicted molar refractivity (Wildman–Crippen MR) is 89.1 cm³/mol. The third kappa shape index (κ3) is 2.97. The van der Waals surface area contributed by atoms with Crippen molar-refractivity contribution >= 4 is 17.2 Å². The lowest BCUT2D eigenvalue weighted by Crippen LogP contribution is -2.47. The van der Waals surface area contributed by atoms with Crippen LogP contribution in [0.3, 0.4) is 0 Å². The number of aryl methyl sites for hydroxylation is 1. The van der Waals surface area contributed by atoms with E-state index < -0.39 is 0 Å². The molecule has 1 atom stereocenters. The lowest BCUT2D eigenvalue weighted by molar-refractivity contribution is -0.201. The summed E-state index contributed by atoms with van der Waals surface area (Å²) in [5, 5.41) is 1.54. The first-order valence-electron chi connectivity index (χ1n) is 8.28. The van der Waals surface area contributed by atoms with Gasteiger partial charge in [0.05, 0.1) is 29.8 Å². The molecule has 7 nitrogen and oxygen atoms in total. The van der Waals surface area contributed by atoms with Gasteiger partial charge >= 0.3 is 0 Å². The summed E-state index contributed by atoms with van der Waals surface area (Å²) >= 11 is 1.67. The number of carbonyl (C=O) groups is 1. The van der Waals surface area contributed by atoms with Crippen LogP contribution in [0.2, 0.25) is 0 Å². The predicted octanol–water partition coefficient (Wildman–Crippen LogP) is 1.76. The Bertz CT molecular complexity index is 722. The second-order valence-electron chi connectivity index (χ2n) is 6.32. The molecule has 0 bridgehead atoms. The second kappa shape index (κ2) is 6.62. The van der Waals surface area contributed by atoms with Crippen LogP contribution in [0, 0.1) is 6.92 Å². The molecule has 1 saturated heterocycles. The van der Waals surface area contributed by atoms with Gasteiger partial charge in [0, 0.05) is 37.3 Å². The van der Waals surface area contributed by atoms with Crippen molar-refractivity contribution in [3.05, 3.63) is 34.3 Å². The first-order valence-corrected chi connectivity index (χ1v) is 9.16. The SMILES string of the molecule is Cc1ncsc1CN1Cc2cncn2C(C(=O)N2CCCCO2)C1. The van der Waals surface area contributed by atoms with Crippen molar-refractivity contribution in [1.29, 1.82) is 0 Å². The minimum absolute atomic E-state index is 0.0275. The average Bonchev–Trinajstić information content (AvgIpc) is 3.24. The number of rotatable bonds is 3. The maximum Gasteiger partial charge on any atom is 0.270 e. The number of thiazole rings is 1. The summed E-state index contributed by atoms with van der Waals surface area (Å²) in [5.74, 6) is 0.0275. The van der Waals surface area contributed by atoms with Crippen LogP contribution in [0.1, 0.15) is 35.1 Å². The fraction of sp³-hybridized carbons (Fsp3) is 0.562. The van der Waals surface area contributed by atoms with E-state index >= 15 is 0 Å². The molecule has 24 heavy (non-hydrogen) atoms. The molecular weight excluding hydrogens is 326 g/mol. The average molecular weight is 347 g/mol. The van der Waals surface area contributed by atoms with E-state index in [2.05, 4.69) is 14.9 Å². The molecule has 1 amide bonds. The Labute approximate surface area is 144 Å². The van der Waals surface area contributed by atoms with E-state index in [1.54, 1.807) is 22.7 Å². The number of aromatic nitrogens is 3. The van der Waals surface area contributed by atoms with Crippen LogP contribution in [0.4, 0.5) is 0 Å². The number of fused-ring (bicyclic) bond motifs is 1. The minimum Gasteiger partial charge on any atom is -0.319 e. The summed E-state index contributed by atoms with van der Waals surface area (Å²) < 4.78 is 2.00. The summed E-state index contributed by atoms with van der Waals surface area (Å²) in [6.45, 7) is 5.60. The maximum absolute atomic E-state index is 12.9. The number of hydroxylamine groups is 2. The van der Waals surface area contributed by atoms with Gasteiger partial charge in [-0.2, -0.15) is 0 Å². The zero-order valence-electron chi connectivity index (χ0n) is 13.7. The molecule has 4 heterocycles. The first kappa shape index (κ1) is 15.7. The lowest BCUT2D eigenvalue weighted by atomic mass is 10.1. The van der Waals surface area contributed by atoms with Gasteiger partial charge in [-0.1, -0.05) is 0 Å². The van der Waals surface area contributed by atoms with Crippen molar-refractivity contribution in [2.24, 2.45) is 0 Å². The van der Waals surface area contributed by atoms with E-state index in [9.17, 15) is 4.79 Å². The van der Waals surface area contributed by atoms with Crippen molar-refractivity contribution in [2.45, 2.75) is 38.9 Å². The van der Waals surface area contributed by atoms with E-state index in [1.165, 1.54) is 4.88 Å². The van der Waals surface area contributed by atoms with Crippen LogP contribution in [0.15, 0.2) is 18.0 Å². The van der Waals surface area contributed by atoms with Gasteiger partial charge in [0.2, 0.25) is 0 Å². The summed E-state index contributed by atoms with van der Waals surface area (Å²) in [5.41, 5.74) is 4.02. The number of nitrogens with zero attached hydrogens (tertiary/aromatic N) is 5. The molecule has 2 aliphatic rings. The largest absolute Gasteiger partial charge is 0.319 e. The Hall–Kier alpha value is -1.77. The van der Waals surface area contributed by atoms with Crippen LogP contribution < -0.4 is 0 Å². The molecule has 2 aliphatic heterocycles. The molecular formula is C16H21N5O2S. The molecule has 128 valence electrons. The van der Waals surface area contributed by atoms with E-state index in [4.69, 9.17) is 4.84 Å². The number of imidazole rings is 1. The molecule has 0 N–H and O–H groups in total. The van der Waals surface area contributed by atoms with Crippen LogP contribution in [0.25, 0.3) is 0 Å². The second-order valence-corrected chi connectivity index (χ2v) is 7.26. The monoisotopic (exact) mass is 347 g/mol. The molecule has 1 fully saturated rings. The van der Waals surface area contributed by atoms with Gasteiger partial charge in [0.1, 0.15) is 6.04 Å². The van der Waals surface area contributed by atoms with Gasteiger partial charge < -0.3 is 4.57 Å². The van der Waals surface area contributed by atoms with Crippen LogP contribution in [0.5, 0.6) is 0 Å². The number of amides is 1. The molecule has 0 saturated carbocycles. The Kier molecular flexibility index (Phi) is 4.34. The number of hydrogen-bond donors (Lipinski definition) is 0. The topological polar surface area (TPSA) is 63.5 Å². The molecule has 1 unspecified atom stereocenters. The highest BCUT2D eigenvalue weighted by molar-refractivity contribution is 7.09. The normalized spacial score (nSPS) is 21.7. The van der Waals surface area contributed by atoms with E-state index in [1.807, 2.05) is 23.2 Å². The first-order chi connectivity index (χ1) is 11.7. The molecule has 0 aromatic carbocycles. The zero-order chi connectivity index (χ0) is 16.5. The summed E-state index contributed by atoms with van der Waals surface area (Å²) in [4.78, 5) is 30.6. The fourth-order valence-corrected chi connectivity index (χ4v) is 4.12.